The van der Waals surface area contributed by atoms with Crippen LogP contribution in [-0.2, 0) is 0 Å². The monoisotopic (exact) mass is 362 g/mol. The number of rotatable bonds is 3. The Balaban J connectivity index is 1.55. The van der Waals surface area contributed by atoms with Crippen LogP contribution in [0.5, 0.6) is 0 Å². The van der Waals surface area contributed by atoms with Gasteiger partial charge in [-0.25, -0.2) is 4.98 Å². The number of nitrogens with zero attached hydrogens (tertiary/aromatic N) is 2. The SMILES string of the molecule is Cc1ccc(C2C=CC(c3nc4ccccc4n3-c3ccccc3)=CC2)cc1. The van der Waals surface area contributed by atoms with Crippen LogP contribution >= 0.6 is 0 Å². The number of aryl methyl sites for hydroxylation is 1. The van der Waals surface area contributed by atoms with Gasteiger partial charge in [0, 0.05) is 17.2 Å². The molecule has 2 heteroatoms. The van der Waals surface area contributed by atoms with Crippen molar-refractivity contribution in [3.8, 4) is 5.69 Å². The molecule has 0 N–H and O–H groups in total. The van der Waals surface area contributed by atoms with Crippen molar-refractivity contribution in [3.05, 3.63) is 114 Å². The highest BCUT2D eigenvalue weighted by atomic mass is 15.1. The van der Waals surface area contributed by atoms with Crippen LogP contribution in [0.3, 0.4) is 0 Å². The highest BCUT2D eigenvalue weighted by molar-refractivity contribution is 5.84. The average molecular weight is 362 g/mol. The summed E-state index contributed by atoms with van der Waals surface area (Å²) < 4.78 is 2.26. The van der Waals surface area contributed by atoms with Crippen molar-refractivity contribution in [2.75, 3.05) is 0 Å². The predicted molar refractivity (Wildman–Crippen MR) is 117 cm³/mol. The van der Waals surface area contributed by atoms with E-state index in [1.807, 2.05) is 12.1 Å². The summed E-state index contributed by atoms with van der Waals surface area (Å²) in [6.45, 7) is 2.13. The predicted octanol–water partition coefficient (Wildman–Crippen LogP) is 6.46. The number of fused-ring (bicyclic) bond motifs is 1. The van der Waals surface area contributed by atoms with Crippen LogP contribution in [0, 0.1) is 6.92 Å². The lowest BCUT2D eigenvalue weighted by molar-refractivity contribution is 0.853. The minimum absolute atomic E-state index is 0.430. The Bertz CT molecular complexity index is 1180. The second kappa shape index (κ2) is 6.97. The normalized spacial score (nSPS) is 16.3. The van der Waals surface area contributed by atoms with Gasteiger partial charge in [0.1, 0.15) is 5.82 Å². The molecule has 0 saturated heterocycles. The maximum atomic E-state index is 4.97. The van der Waals surface area contributed by atoms with Gasteiger partial charge in [-0.1, -0.05) is 78.4 Å². The number of aromatic nitrogens is 2. The number of imidazole rings is 1. The molecule has 1 heterocycles. The molecule has 0 aliphatic heterocycles. The Morgan fingerprint density at radius 2 is 1.61 bits per heavy atom. The lowest BCUT2D eigenvalue weighted by Gasteiger charge is -2.18. The maximum absolute atomic E-state index is 4.97. The first-order valence-corrected chi connectivity index (χ1v) is 9.78. The largest absolute Gasteiger partial charge is 0.292 e. The summed E-state index contributed by atoms with van der Waals surface area (Å²) >= 11 is 0. The molecule has 28 heavy (non-hydrogen) atoms. The topological polar surface area (TPSA) is 17.8 Å². The van der Waals surface area contributed by atoms with Crippen LogP contribution in [0.15, 0.2) is 97.1 Å². The van der Waals surface area contributed by atoms with Gasteiger partial charge in [-0.2, -0.15) is 0 Å². The minimum atomic E-state index is 0.430. The van der Waals surface area contributed by atoms with Crippen LogP contribution in [0.25, 0.3) is 22.3 Å². The highest BCUT2D eigenvalue weighted by Crippen LogP contribution is 2.33. The smallest absolute Gasteiger partial charge is 0.145 e. The van der Waals surface area contributed by atoms with Crippen molar-refractivity contribution >= 4 is 16.6 Å². The first kappa shape index (κ1) is 16.8. The molecule has 0 fully saturated rings. The lowest BCUT2D eigenvalue weighted by Crippen LogP contribution is -2.03. The molecule has 1 unspecified atom stereocenters. The van der Waals surface area contributed by atoms with E-state index in [4.69, 9.17) is 4.98 Å². The van der Waals surface area contributed by atoms with Crippen LogP contribution < -0.4 is 0 Å². The average Bonchev–Trinajstić information content (AvgIpc) is 3.15. The van der Waals surface area contributed by atoms with Gasteiger partial charge in [-0.3, -0.25) is 4.57 Å². The number of hydrogen-bond donors (Lipinski definition) is 0. The molecule has 0 saturated carbocycles. The van der Waals surface area contributed by atoms with E-state index < -0.39 is 0 Å². The summed E-state index contributed by atoms with van der Waals surface area (Å²) in [6.07, 6.45) is 7.86. The Kier molecular flexibility index (Phi) is 4.17. The van der Waals surface area contributed by atoms with E-state index >= 15 is 0 Å². The highest BCUT2D eigenvalue weighted by Gasteiger charge is 2.18. The van der Waals surface area contributed by atoms with Gasteiger partial charge in [-0.05, 0) is 43.2 Å². The van der Waals surface area contributed by atoms with E-state index in [0.29, 0.717) is 5.92 Å². The van der Waals surface area contributed by atoms with E-state index in [-0.39, 0.29) is 0 Å². The Labute approximate surface area is 165 Å². The molecule has 1 aromatic heterocycles. The van der Waals surface area contributed by atoms with Crippen molar-refractivity contribution < 1.29 is 0 Å². The van der Waals surface area contributed by atoms with Gasteiger partial charge in [0.2, 0.25) is 0 Å². The van der Waals surface area contributed by atoms with E-state index in [9.17, 15) is 0 Å². The summed E-state index contributed by atoms with van der Waals surface area (Å²) in [4.78, 5) is 4.97. The zero-order valence-electron chi connectivity index (χ0n) is 15.9. The second-order valence-corrected chi connectivity index (χ2v) is 7.37. The van der Waals surface area contributed by atoms with Gasteiger partial charge >= 0.3 is 0 Å². The molecule has 136 valence electrons. The first-order chi connectivity index (χ1) is 13.8. The first-order valence-electron chi connectivity index (χ1n) is 9.78. The summed E-state index contributed by atoms with van der Waals surface area (Å²) in [5.41, 5.74) is 7.16. The van der Waals surface area contributed by atoms with E-state index in [1.165, 1.54) is 16.7 Å². The summed E-state index contributed by atoms with van der Waals surface area (Å²) in [5.74, 6) is 1.44. The fraction of sp³-hybridized carbons (Fsp3) is 0.115. The van der Waals surface area contributed by atoms with Crippen molar-refractivity contribution in [1.29, 1.82) is 0 Å². The zero-order chi connectivity index (χ0) is 18.9. The molecule has 0 bridgehead atoms. The third kappa shape index (κ3) is 2.97. The van der Waals surface area contributed by atoms with Gasteiger partial charge in [-0.15, -0.1) is 0 Å². The Hall–Kier alpha value is -3.39. The zero-order valence-corrected chi connectivity index (χ0v) is 15.9. The third-order valence-corrected chi connectivity index (χ3v) is 5.44. The molecule has 0 amide bonds. The van der Waals surface area contributed by atoms with Crippen molar-refractivity contribution in [2.24, 2.45) is 0 Å². The summed E-state index contributed by atoms with van der Waals surface area (Å²) in [7, 11) is 0. The molecule has 4 aromatic rings. The summed E-state index contributed by atoms with van der Waals surface area (Å²) in [6, 6.07) is 27.7. The molecule has 0 radical (unpaired) electrons. The molecule has 3 aromatic carbocycles. The van der Waals surface area contributed by atoms with Crippen LogP contribution in [0.4, 0.5) is 0 Å². The Morgan fingerprint density at radius 1 is 0.857 bits per heavy atom. The number of allylic oxidation sites excluding steroid dienone is 4. The van der Waals surface area contributed by atoms with Crippen molar-refractivity contribution in [2.45, 2.75) is 19.3 Å². The third-order valence-electron chi connectivity index (χ3n) is 5.44. The van der Waals surface area contributed by atoms with Crippen LogP contribution in [0.2, 0.25) is 0 Å². The minimum Gasteiger partial charge on any atom is -0.292 e. The molecule has 1 aliphatic rings. The fourth-order valence-corrected chi connectivity index (χ4v) is 3.91. The van der Waals surface area contributed by atoms with E-state index in [0.717, 1.165) is 29.0 Å². The Morgan fingerprint density at radius 3 is 2.36 bits per heavy atom. The molecular weight excluding hydrogens is 340 g/mol. The number of para-hydroxylation sites is 3. The van der Waals surface area contributed by atoms with Gasteiger partial charge in [0.05, 0.1) is 11.0 Å². The van der Waals surface area contributed by atoms with Gasteiger partial charge in [0.15, 0.2) is 0 Å². The number of benzene rings is 3. The molecule has 1 atom stereocenters. The van der Waals surface area contributed by atoms with E-state index in [1.54, 1.807) is 0 Å². The second-order valence-electron chi connectivity index (χ2n) is 7.37. The number of hydrogen-bond acceptors (Lipinski definition) is 1. The van der Waals surface area contributed by atoms with E-state index in [2.05, 4.69) is 96.4 Å². The molecular formula is C26H22N2. The van der Waals surface area contributed by atoms with Crippen molar-refractivity contribution in [3.63, 3.8) is 0 Å². The summed E-state index contributed by atoms with van der Waals surface area (Å²) in [5, 5.41) is 0. The lowest BCUT2D eigenvalue weighted by atomic mass is 9.89. The fourth-order valence-electron chi connectivity index (χ4n) is 3.91. The standard InChI is InChI=1S/C26H22N2/c1-19-11-13-20(14-12-19)21-15-17-22(18-16-21)26-27-24-9-5-6-10-25(24)28(26)23-7-3-2-4-8-23/h2-15,17-18,21H,16H2,1H3. The molecule has 2 nitrogen and oxygen atoms in total. The molecule has 0 spiro atoms. The van der Waals surface area contributed by atoms with Crippen LogP contribution in [-0.4, -0.2) is 9.55 Å². The maximum Gasteiger partial charge on any atom is 0.145 e. The molecule has 1 aliphatic carbocycles. The van der Waals surface area contributed by atoms with Gasteiger partial charge in [0.25, 0.3) is 0 Å². The van der Waals surface area contributed by atoms with Gasteiger partial charge < -0.3 is 0 Å². The molecule has 5 rings (SSSR count). The van der Waals surface area contributed by atoms with Crippen LogP contribution in [0.1, 0.15) is 29.3 Å². The van der Waals surface area contributed by atoms with Crippen molar-refractivity contribution in [1.82, 2.24) is 9.55 Å². The quantitative estimate of drug-likeness (QED) is 0.409.